The van der Waals surface area contributed by atoms with Crippen molar-refractivity contribution in [1.82, 2.24) is 0 Å². The molecule has 0 amide bonds. The van der Waals surface area contributed by atoms with Crippen LogP contribution in [0, 0.1) is 0 Å². The first-order valence-electron chi connectivity index (χ1n) is 7.51. The number of methoxy groups -OCH3 is 1. The van der Waals surface area contributed by atoms with Gasteiger partial charge < -0.3 is 9.84 Å². The van der Waals surface area contributed by atoms with E-state index in [0.29, 0.717) is 18.3 Å². The maximum atomic E-state index is 10.2. The Morgan fingerprint density at radius 2 is 1.63 bits per heavy atom. The minimum absolute atomic E-state index is 0.417. The summed E-state index contributed by atoms with van der Waals surface area (Å²) in [5.74, 6) is 1.02. The molecule has 0 aromatic heterocycles. The molecule has 0 aliphatic heterocycles. The fourth-order valence-electron chi connectivity index (χ4n) is 2.73. The normalized spacial score (nSPS) is 11.2. The second kappa shape index (κ2) is 8.21. The van der Waals surface area contributed by atoms with Crippen molar-refractivity contribution in [2.75, 3.05) is 7.11 Å². The first kappa shape index (κ1) is 16.0. The Morgan fingerprint density at radius 3 is 2.11 bits per heavy atom. The Morgan fingerprint density at radius 1 is 1.05 bits per heavy atom. The summed E-state index contributed by atoms with van der Waals surface area (Å²) < 4.78 is 5.20. The summed E-state index contributed by atoms with van der Waals surface area (Å²) in [6.07, 6.45) is 5.70. The number of hydrogen-bond donors (Lipinski definition) is 1. The molecule has 0 aliphatic rings. The van der Waals surface area contributed by atoms with Crippen LogP contribution in [-0.2, 0) is 17.8 Å². The van der Waals surface area contributed by atoms with Crippen molar-refractivity contribution >= 4 is 0 Å². The SMILES string of the molecule is CCCC(CCC)c1cc(CC)c(O)c(COC)c1. The summed E-state index contributed by atoms with van der Waals surface area (Å²) in [7, 11) is 1.67. The Labute approximate surface area is 117 Å². The molecule has 2 heteroatoms. The summed E-state index contributed by atoms with van der Waals surface area (Å²) in [4.78, 5) is 0. The van der Waals surface area contributed by atoms with Crippen LogP contribution in [0.1, 0.15) is 69.1 Å². The quantitative estimate of drug-likeness (QED) is 0.732. The van der Waals surface area contributed by atoms with Gasteiger partial charge in [-0.3, -0.25) is 0 Å². The van der Waals surface area contributed by atoms with Crippen molar-refractivity contribution in [3.63, 3.8) is 0 Å². The van der Waals surface area contributed by atoms with Gasteiger partial charge in [0.25, 0.3) is 0 Å². The van der Waals surface area contributed by atoms with Crippen LogP contribution in [0.5, 0.6) is 5.75 Å². The Balaban J connectivity index is 3.13. The highest BCUT2D eigenvalue weighted by molar-refractivity contribution is 5.44. The second-order valence-electron chi connectivity index (χ2n) is 5.25. The smallest absolute Gasteiger partial charge is 0.124 e. The Hall–Kier alpha value is -1.02. The van der Waals surface area contributed by atoms with Crippen LogP contribution in [0.25, 0.3) is 0 Å². The molecule has 0 atom stereocenters. The van der Waals surface area contributed by atoms with Gasteiger partial charge >= 0.3 is 0 Å². The lowest BCUT2D eigenvalue weighted by Gasteiger charge is -2.19. The Kier molecular flexibility index (Phi) is 6.93. The van der Waals surface area contributed by atoms with E-state index in [-0.39, 0.29) is 0 Å². The van der Waals surface area contributed by atoms with Gasteiger partial charge in [-0.15, -0.1) is 0 Å². The van der Waals surface area contributed by atoms with Gasteiger partial charge in [0.2, 0.25) is 0 Å². The van der Waals surface area contributed by atoms with E-state index in [1.165, 1.54) is 31.2 Å². The molecule has 0 spiro atoms. The molecule has 0 saturated heterocycles. The van der Waals surface area contributed by atoms with E-state index >= 15 is 0 Å². The molecule has 19 heavy (non-hydrogen) atoms. The molecule has 1 aromatic rings. The summed E-state index contributed by atoms with van der Waals surface area (Å²) in [6, 6.07) is 4.32. The van der Waals surface area contributed by atoms with Gasteiger partial charge in [-0.25, -0.2) is 0 Å². The van der Waals surface area contributed by atoms with Crippen LogP contribution in [0.4, 0.5) is 0 Å². The van der Waals surface area contributed by atoms with Crippen molar-refractivity contribution in [3.05, 3.63) is 28.8 Å². The van der Waals surface area contributed by atoms with Crippen LogP contribution in [-0.4, -0.2) is 12.2 Å². The van der Waals surface area contributed by atoms with Crippen molar-refractivity contribution in [3.8, 4) is 5.75 Å². The summed E-state index contributed by atoms with van der Waals surface area (Å²) in [6.45, 7) is 7.04. The average molecular weight is 264 g/mol. The van der Waals surface area contributed by atoms with Gasteiger partial charge in [-0.1, -0.05) is 39.7 Å². The maximum Gasteiger partial charge on any atom is 0.124 e. The lowest BCUT2D eigenvalue weighted by atomic mass is 9.87. The molecule has 0 fully saturated rings. The number of rotatable bonds is 8. The minimum atomic E-state index is 0.417. The lowest BCUT2D eigenvalue weighted by Crippen LogP contribution is -2.02. The van der Waals surface area contributed by atoms with E-state index in [0.717, 1.165) is 17.5 Å². The van der Waals surface area contributed by atoms with Crippen molar-refractivity contribution in [2.24, 2.45) is 0 Å². The molecule has 1 rings (SSSR count). The molecule has 0 radical (unpaired) electrons. The van der Waals surface area contributed by atoms with E-state index in [1.54, 1.807) is 7.11 Å². The zero-order chi connectivity index (χ0) is 14.3. The molecule has 0 heterocycles. The van der Waals surface area contributed by atoms with Crippen molar-refractivity contribution in [2.45, 2.75) is 65.4 Å². The average Bonchev–Trinajstić information content (AvgIpc) is 2.41. The van der Waals surface area contributed by atoms with Gasteiger partial charge in [0, 0.05) is 12.7 Å². The van der Waals surface area contributed by atoms with E-state index in [2.05, 4.69) is 32.9 Å². The largest absolute Gasteiger partial charge is 0.507 e. The first-order valence-corrected chi connectivity index (χ1v) is 7.51. The fraction of sp³-hybridized carbons (Fsp3) is 0.647. The maximum absolute atomic E-state index is 10.2. The molecule has 0 saturated carbocycles. The van der Waals surface area contributed by atoms with Gasteiger partial charge in [-0.2, -0.15) is 0 Å². The number of ether oxygens (including phenoxy) is 1. The van der Waals surface area contributed by atoms with Crippen molar-refractivity contribution < 1.29 is 9.84 Å². The van der Waals surface area contributed by atoms with E-state index < -0.39 is 0 Å². The number of benzene rings is 1. The number of aryl methyl sites for hydroxylation is 1. The highest BCUT2D eigenvalue weighted by Gasteiger charge is 2.15. The Bertz CT molecular complexity index is 379. The molecule has 1 aromatic carbocycles. The number of aromatic hydroxyl groups is 1. The van der Waals surface area contributed by atoms with Gasteiger partial charge in [-0.05, 0) is 42.4 Å². The number of phenols is 1. The third-order valence-corrected chi connectivity index (χ3v) is 3.72. The van der Waals surface area contributed by atoms with Crippen LogP contribution in [0.2, 0.25) is 0 Å². The zero-order valence-corrected chi connectivity index (χ0v) is 12.8. The van der Waals surface area contributed by atoms with Gasteiger partial charge in [0.15, 0.2) is 0 Å². The minimum Gasteiger partial charge on any atom is -0.507 e. The predicted octanol–water partition coefficient (Wildman–Crippen LogP) is 4.78. The van der Waals surface area contributed by atoms with E-state index in [4.69, 9.17) is 4.74 Å². The molecular formula is C17H28O2. The fourth-order valence-corrected chi connectivity index (χ4v) is 2.73. The van der Waals surface area contributed by atoms with Crippen LogP contribution < -0.4 is 0 Å². The zero-order valence-electron chi connectivity index (χ0n) is 12.8. The van der Waals surface area contributed by atoms with Crippen molar-refractivity contribution in [1.29, 1.82) is 0 Å². The highest BCUT2D eigenvalue weighted by atomic mass is 16.5. The van der Waals surface area contributed by atoms with E-state index in [9.17, 15) is 5.11 Å². The third-order valence-electron chi connectivity index (χ3n) is 3.72. The van der Waals surface area contributed by atoms with Crippen LogP contribution in [0.15, 0.2) is 12.1 Å². The topological polar surface area (TPSA) is 29.5 Å². The highest BCUT2D eigenvalue weighted by Crippen LogP contribution is 2.33. The summed E-state index contributed by atoms with van der Waals surface area (Å²) in [5, 5.41) is 10.2. The lowest BCUT2D eigenvalue weighted by molar-refractivity contribution is 0.181. The molecule has 2 nitrogen and oxygen atoms in total. The number of phenolic OH excluding ortho intramolecular Hbond substituents is 1. The summed E-state index contributed by atoms with van der Waals surface area (Å²) >= 11 is 0. The monoisotopic (exact) mass is 264 g/mol. The molecular weight excluding hydrogens is 236 g/mol. The standard InChI is InChI=1S/C17H28O2/c1-5-8-14(9-6-2)15-10-13(7-3)17(18)16(11-15)12-19-4/h10-11,14,18H,5-9,12H2,1-4H3. The third kappa shape index (κ3) is 4.24. The summed E-state index contributed by atoms with van der Waals surface area (Å²) in [5.41, 5.74) is 3.33. The van der Waals surface area contributed by atoms with Crippen LogP contribution >= 0.6 is 0 Å². The molecule has 108 valence electrons. The molecule has 0 aliphatic carbocycles. The van der Waals surface area contributed by atoms with Crippen LogP contribution in [0.3, 0.4) is 0 Å². The number of hydrogen-bond acceptors (Lipinski definition) is 2. The predicted molar refractivity (Wildman–Crippen MR) is 80.8 cm³/mol. The van der Waals surface area contributed by atoms with Gasteiger partial charge in [0.05, 0.1) is 6.61 Å². The second-order valence-corrected chi connectivity index (χ2v) is 5.25. The molecule has 0 unspecified atom stereocenters. The molecule has 0 bridgehead atoms. The molecule has 1 N–H and O–H groups in total. The van der Waals surface area contributed by atoms with E-state index in [1.807, 2.05) is 0 Å². The first-order chi connectivity index (χ1) is 9.17. The van der Waals surface area contributed by atoms with Gasteiger partial charge in [0.1, 0.15) is 5.75 Å².